The minimum Gasteiger partial charge on any atom is -0.508 e. The first-order chi connectivity index (χ1) is 6.75. The SMILES string of the molecule is Cc1cc(O)cc(-c2ccccn2)c1. The van der Waals surface area contributed by atoms with Crippen molar-refractivity contribution in [2.24, 2.45) is 0 Å². The van der Waals surface area contributed by atoms with Gasteiger partial charge in [0, 0.05) is 11.8 Å². The summed E-state index contributed by atoms with van der Waals surface area (Å²) in [6.07, 6.45) is 1.74. The van der Waals surface area contributed by atoms with Crippen molar-refractivity contribution in [3.05, 3.63) is 48.2 Å². The number of hydrogen-bond acceptors (Lipinski definition) is 2. The Morgan fingerprint density at radius 1 is 1.14 bits per heavy atom. The van der Waals surface area contributed by atoms with Gasteiger partial charge >= 0.3 is 0 Å². The zero-order valence-corrected chi connectivity index (χ0v) is 7.94. The number of aromatic nitrogens is 1. The number of hydrogen-bond donors (Lipinski definition) is 1. The van der Waals surface area contributed by atoms with Crippen molar-refractivity contribution in [3.63, 3.8) is 0 Å². The van der Waals surface area contributed by atoms with Gasteiger partial charge < -0.3 is 5.11 Å². The highest BCUT2D eigenvalue weighted by molar-refractivity contribution is 5.61. The van der Waals surface area contributed by atoms with E-state index in [2.05, 4.69) is 4.98 Å². The van der Waals surface area contributed by atoms with E-state index >= 15 is 0 Å². The molecule has 1 N–H and O–H groups in total. The first kappa shape index (κ1) is 8.75. The van der Waals surface area contributed by atoms with E-state index in [1.165, 1.54) is 0 Å². The average molecular weight is 185 g/mol. The Kier molecular flexibility index (Phi) is 2.19. The lowest BCUT2D eigenvalue weighted by atomic mass is 10.1. The first-order valence-electron chi connectivity index (χ1n) is 4.48. The van der Waals surface area contributed by atoms with Gasteiger partial charge in [-0.3, -0.25) is 4.98 Å². The minimum atomic E-state index is 0.283. The fourth-order valence-electron chi connectivity index (χ4n) is 1.44. The summed E-state index contributed by atoms with van der Waals surface area (Å²) in [7, 11) is 0. The monoisotopic (exact) mass is 185 g/mol. The van der Waals surface area contributed by atoms with Crippen LogP contribution in [0.25, 0.3) is 11.3 Å². The smallest absolute Gasteiger partial charge is 0.116 e. The normalized spacial score (nSPS) is 10.1. The van der Waals surface area contributed by atoms with Crippen molar-refractivity contribution >= 4 is 0 Å². The number of phenols is 1. The van der Waals surface area contributed by atoms with Crippen molar-refractivity contribution in [1.29, 1.82) is 0 Å². The van der Waals surface area contributed by atoms with Crippen molar-refractivity contribution in [1.82, 2.24) is 4.98 Å². The third-order valence-electron chi connectivity index (χ3n) is 2.02. The predicted molar refractivity (Wildman–Crippen MR) is 56.1 cm³/mol. The van der Waals surface area contributed by atoms with Crippen LogP contribution in [0, 0.1) is 6.92 Å². The molecule has 1 aromatic carbocycles. The highest BCUT2D eigenvalue weighted by atomic mass is 16.3. The number of aromatic hydroxyl groups is 1. The van der Waals surface area contributed by atoms with Gasteiger partial charge in [0.15, 0.2) is 0 Å². The second-order valence-corrected chi connectivity index (χ2v) is 3.27. The van der Waals surface area contributed by atoms with Gasteiger partial charge in [0.1, 0.15) is 5.75 Å². The standard InChI is InChI=1S/C12H11NO/c1-9-6-10(8-11(14)7-9)12-4-2-3-5-13-12/h2-8,14H,1H3. The quantitative estimate of drug-likeness (QED) is 0.741. The fraction of sp³-hybridized carbons (Fsp3) is 0.0833. The molecule has 1 heterocycles. The average Bonchev–Trinajstić information content (AvgIpc) is 2.18. The molecular formula is C12H11NO. The molecule has 2 aromatic rings. The Labute approximate surface area is 82.9 Å². The number of aryl methyl sites for hydroxylation is 1. The highest BCUT2D eigenvalue weighted by Gasteiger charge is 2.00. The van der Waals surface area contributed by atoms with Crippen LogP contribution in [0.2, 0.25) is 0 Å². The van der Waals surface area contributed by atoms with Gasteiger partial charge in [0.2, 0.25) is 0 Å². The molecule has 0 saturated carbocycles. The summed E-state index contributed by atoms with van der Waals surface area (Å²) in [6, 6.07) is 11.2. The Morgan fingerprint density at radius 3 is 2.64 bits per heavy atom. The van der Waals surface area contributed by atoms with Gasteiger partial charge in [-0.2, -0.15) is 0 Å². The van der Waals surface area contributed by atoms with Gasteiger partial charge in [0.05, 0.1) is 5.69 Å². The van der Waals surface area contributed by atoms with Crippen molar-refractivity contribution in [2.45, 2.75) is 6.92 Å². The van der Waals surface area contributed by atoms with Crippen LogP contribution < -0.4 is 0 Å². The van der Waals surface area contributed by atoms with Crippen LogP contribution in [-0.2, 0) is 0 Å². The summed E-state index contributed by atoms with van der Waals surface area (Å²) in [5, 5.41) is 9.43. The third-order valence-corrected chi connectivity index (χ3v) is 2.02. The lowest BCUT2D eigenvalue weighted by molar-refractivity contribution is 0.475. The lowest BCUT2D eigenvalue weighted by Gasteiger charge is -2.02. The maximum atomic E-state index is 9.43. The zero-order valence-electron chi connectivity index (χ0n) is 7.94. The molecule has 0 spiro atoms. The molecule has 0 aliphatic rings. The number of nitrogens with zero attached hydrogens (tertiary/aromatic N) is 1. The maximum absolute atomic E-state index is 9.43. The largest absolute Gasteiger partial charge is 0.508 e. The van der Waals surface area contributed by atoms with E-state index in [0.717, 1.165) is 16.8 Å². The molecule has 2 nitrogen and oxygen atoms in total. The van der Waals surface area contributed by atoms with E-state index in [9.17, 15) is 5.11 Å². The van der Waals surface area contributed by atoms with Gasteiger partial charge in [-0.15, -0.1) is 0 Å². The molecule has 0 bridgehead atoms. The summed E-state index contributed by atoms with van der Waals surface area (Å²) in [6.45, 7) is 1.95. The Morgan fingerprint density at radius 2 is 2.00 bits per heavy atom. The molecule has 1 aromatic heterocycles. The van der Waals surface area contributed by atoms with Crippen molar-refractivity contribution < 1.29 is 5.11 Å². The molecule has 0 fully saturated rings. The number of rotatable bonds is 1. The Hall–Kier alpha value is -1.83. The third kappa shape index (κ3) is 1.74. The molecule has 0 radical (unpaired) electrons. The lowest BCUT2D eigenvalue weighted by Crippen LogP contribution is -1.82. The van der Waals surface area contributed by atoms with Crippen LogP contribution in [0.4, 0.5) is 0 Å². The van der Waals surface area contributed by atoms with E-state index in [0.29, 0.717) is 0 Å². The molecule has 70 valence electrons. The highest BCUT2D eigenvalue weighted by Crippen LogP contribution is 2.23. The fourth-order valence-corrected chi connectivity index (χ4v) is 1.44. The van der Waals surface area contributed by atoms with E-state index < -0.39 is 0 Å². The van der Waals surface area contributed by atoms with Crippen LogP contribution in [0.1, 0.15) is 5.56 Å². The van der Waals surface area contributed by atoms with Crippen LogP contribution in [-0.4, -0.2) is 10.1 Å². The minimum absolute atomic E-state index is 0.283. The van der Waals surface area contributed by atoms with E-state index in [4.69, 9.17) is 0 Å². The second kappa shape index (κ2) is 3.50. The van der Waals surface area contributed by atoms with Crippen LogP contribution in [0.15, 0.2) is 42.6 Å². The van der Waals surface area contributed by atoms with Gasteiger partial charge in [-0.25, -0.2) is 0 Å². The molecule has 0 unspecified atom stereocenters. The summed E-state index contributed by atoms with van der Waals surface area (Å²) < 4.78 is 0. The van der Waals surface area contributed by atoms with Crippen LogP contribution in [0.5, 0.6) is 5.75 Å². The molecule has 0 amide bonds. The molecule has 14 heavy (non-hydrogen) atoms. The Bertz CT molecular complexity index is 417. The van der Waals surface area contributed by atoms with Gasteiger partial charge in [-0.05, 0) is 42.8 Å². The van der Waals surface area contributed by atoms with E-state index in [1.807, 2.05) is 31.2 Å². The van der Waals surface area contributed by atoms with E-state index in [-0.39, 0.29) is 5.75 Å². The van der Waals surface area contributed by atoms with Crippen LogP contribution >= 0.6 is 0 Å². The predicted octanol–water partition coefficient (Wildman–Crippen LogP) is 2.76. The van der Waals surface area contributed by atoms with Crippen LogP contribution in [0.3, 0.4) is 0 Å². The summed E-state index contributed by atoms with van der Waals surface area (Å²) in [5.74, 6) is 0.283. The summed E-state index contributed by atoms with van der Waals surface area (Å²) in [5.41, 5.74) is 2.86. The van der Waals surface area contributed by atoms with Crippen molar-refractivity contribution in [3.8, 4) is 17.0 Å². The Balaban J connectivity index is 2.52. The number of phenolic OH excluding ortho intramolecular Hbond substituents is 1. The molecule has 2 rings (SSSR count). The maximum Gasteiger partial charge on any atom is 0.116 e. The molecule has 2 heteroatoms. The zero-order chi connectivity index (χ0) is 9.97. The van der Waals surface area contributed by atoms with Gasteiger partial charge in [0.25, 0.3) is 0 Å². The molecule has 0 saturated heterocycles. The number of benzene rings is 1. The van der Waals surface area contributed by atoms with E-state index in [1.54, 1.807) is 18.3 Å². The number of pyridine rings is 1. The second-order valence-electron chi connectivity index (χ2n) is 3.27. The topological polar surface area (TPSA) is 33.1 Å². The first-order valence-corrected chi connectivity index (χ1v) is 4.48. The summed E-state index contributed by atoms with van der Waals surface area (Å²) in [4.78, 5) is 4.22. The molecule has 0 aliphatic heterocycles. The molecular weight excluding hydrogens is 174 g/mol. The molecule has 0 atom stereocenters. The molecule has 0 aliphatic carbocycles. The van der Waals surface area contributed by atoms with Gasteiger partial charge in [-0.1, -0.05) is 6.07 Å². The van der Waals surface area contributed by atoms with Crippen molar-refractivity contribution in [2.75, 3.05) is 0 Å². The summed E-state index contributed by atoms with van der Waals surface area (Å²) >= 11 is 0.